The summed E-state index contributed by atoms with van der Waals surface area (Å²) in [7, 11) is 0. The molecule has 0 unspecified atom stereocenters. The Hall–Kier alpha value is 1.70. The van der Waals surface area contributed by atoms with Crippen molar-refractivity contribution in [2.24, 2.45) is 0 Å². The van der Waals surface area contributed by atoms with Gasteiger partial charge in [-0.05, 0) is 6.92 Å². The van der Waals surface area contributed by atoms with Crippen molar-refractivity contribution in [3.05, 3.63) is 0 Å². The molecule has 26 valence electrons. The van der Waals surface area contributed by atoms with Crippen LogP contribution in [0.1, 0.15) is 8.35 Å². The molecule has 4 heteroatoms. The maximum atomic E-state index is 8.89. The number of hydrogen-bond acceptors (Lipinski definition) is 2. The largest absolute Gasteiger partial charge is 1.00 e. The third kappa shape index (κ3) is 43.5. The fourth-order valence-electron chi connectivity index (χ4n) is 0. The van der Waals surface area contributed by atoms with E-state index in [1.807, 2.05) is 0 Å². The fourth-order valence-corrected chi connectivity index (χ4v) is 0. The SMILES string of the molecule is CC(=O)[O-].[H-].[K+].[Li+]. The van der Waals surface area contributed by atoms with Crippen LogP contribution in [0.25, 0.3) is 0 Å². The van der Waals surface area contributed by atoms with Crippen molar-refractivity contribution in [2.75, 3.05) is 0 Å². The minimum absolute atomic E-state index is 0. The fraction of sp³-hybridized carbons (Fsp3) is 0.500. The molecule has 6 heavy (non-hydrogen) atoms. The zero-order valence-corrected chi connectivity index (χ0v) is 7.44. The third-order valence-electron chi connectivity index (χ3n) is 0. The van der Waals surface area contributed by atoms with Gasteiger partial charge in [-0.15, -0.1) is 0 Å². The molecule has 0 aromatic carbocycles. The molecule has 2 nitrogen and oxygen atoms in total. The number of carboxylic acid groups (broad SMARTS) is 1. The van der Waals surface area contributed by atoms with E-state index >= 15 is 0 Å². The standard InChI is InChI=1S/C2H4O2.K.Li.H/c1-2(3)4;;;/h1H3,(H,3,4);;;/q;2*+1;-1/p-1. The van der Waals surface area contributed by atoms with Crippen molar-refractivity contribution >= 4 is 5.97 Å². The quantitative estimate of drug-likeness (QED) is 0.288. The maximum Gasteiger partial charge on any atom is 1.00 e. The number of carbonyl (C=O) groups is 1. The van der Waals surface area contributed by atoms with Crippen LogP contribution in [-0.4, -0.2) is 5.97 Å². The average molecular weight is 106 g/mol. The molecule has 0 spiro atoms. The predicted molar refractivity (Wildman–Crippen MR) is 11.8 cm³/mol. The minimum atomic E-state index is -1.08. The number of rotatable bonds is 0. The van der Waals surface area contributed by atoms with Gasteiger partial charge in [0.25, 0.3) is 0 Å². The Bertz CT molecular complexity index is 38.7. The first kappa shape index (κ1) is 15.6. The van der Waals surface area contributed by atoms with Crippen molar-refractivity contribution in [2.45, 2.75) is 6.92 Å². The van der Waals surface area contributed by atoms with Gasteiger partial charge in [0.15, 0.2) is 0 Å². The van der Waals surface area contributed by atoms with Crippen LogP contribution >= 0.6 is 0 Å². The molecule has 0 aromatic rings. The van der Waals surface area contributed by atoms with Crippen molar-refractivity contribution in [1.29, 1.82) is 0 Å². The summed E-state index contributed by atoms with van der Waals surface area (Å²) >= 11 is 0. The molecule has 0 atom stereocenters. The van der Waals surface area contributed by atoms with Crippen LogP contribution < -0.4 is 75.4 Å². The molecule has 0 aliphatic carbocycles. The summed E-state index contributed by atoms with van der Waals surface area (Å²) in [5.41, 5.74) is 0. The molecule has 0 aliphatic rings. The molecule has 0 saturated heterocycles. The van der Waals surface area contributed by atoms with Gasteiger partial charge in [-0.3, -0.25) is 0 Å². The van der Waals surface area contributed by atoms with Gasteiger partial charge in [-0.2, -0.15) is 0 Å². The smallest absolute Gasteiger partial charge is 1.00 e. The van der Waals surface area contributed by atoms with E-state index in [1.54, 1.807) is 0 Å². The molecular weight excluding hydrogens is 102 g/mol. The second kappa shape index (κ2) is 9.86. The Morgan fingerprint density at radius 2 is 1.83 bits per heavy atom. The van der Waals surface area contributed by atoms with Crippen molar-refractivity contribution < 1.29 is 81.6 Å². The van der Waals surface area contributed by atoms with Crippen LogP contribution in [0.4, 0.5) is 0 Å². The molecule has 0 N–H and O–H groups in total. The third-order valence-corrected chi connectivity index (χ3v) is 0. The second-order valence-electron chi connectivity index (χ2n) is 0.492. The molecule has 0 fully saturated rings. The molecule has 0 heterocycles. The molecule has 0 radical (unpaired) electrons. The Kier molecular flexibility index (Phi) is 25.7. The van der Waals surface area contributed by atoms with Gasteiger partial charge in [0.05, 0.1) is 0 Å². The van der Waals surface area contributed by atoms with Crippen LogP contribution in [-0.2, 0) is 4.79 Å². The molecule has 0 aromatic heterocycles. The Morgan fingerprint density at radius 3 is 1.83 bits per heavy atom. The van der Waals surface area contributed by atoms with Gasteiger partial charge in [-0.1, -0.05) is 0 Å². The topological polar surface area (TPSA) is 40.1 Å². The van der Waals surface area contributed by atoms with Crippen molar-refractivity contribution in [3.63, 3.8) is 0 Å². The zero-order chi connectivity index (χ0) is 3.58. The van der Waals surface area contributed by atoms with Crippen molar-refractivity contribution in [1.82, 2.24) is 0 Å². The minimum Gasteiger partial charge on any atom is -1.00 e. The number of carboxylic acids is 1. The van der Waals surface area contributed by atoms with Crippen LogP contribution in [0, 0.1) is 0 Å². The van der Waals surface area contributed by atoms with Crippen molar-refractivity contribution in [3.8, 4) is 0 Å². The molecule has 0 rings (SSSR count). The van der Waals surface area contributed by atoms with E-state index in [1.165, 1.54) is 0 Å². The summed E-state index contributed by atoms with van der Waals surface area (Å²) in [5, 5.41) is 8.89. The number of carbonyl (C=O) groups excluding carboxylic acids is 1. The summed E-state index contributed by atoms with van der Waals surface area (Å²) in [4.78, 5) is 8.89. The number of aliphatic carboxylic acids is 1. The average Bonchev–Trinajstić information content (AvgIpc) is 0.811. The monoisotopic (exact) mass is 106 g/mol. The van der Waals surface area contributed by atoms with E-state index in [9.17, 15) is 0 Å². The molecular formula is C2H4KLiO2. The van der Waals surface area contributed by atoms with E-state index < -0.39 is 5.97 Å². The van der Waals surface area contributed by atoms with E-state index in [0.29, 0.717) is 0 Å². The first-order valence-electron chi connectivity index (χ1n) is 0.908. The Labute approximate surface area is 92.8 Å². The van der Waals surface area contributed by atoms with Gasteiger partial charge in [-0.25, -0.2) is 0 Å². The van der Waals surface area contributed by atoms with Gasteiger partial charge < -0.3 is 11.3 Å². The Morgan fingerprint density at radius 1 is 1.83 bits per heavy atom. The summed E-state index contributed by atoms with van der Waals surface area (Å²) < 4.78 is 0. The summed E-state index contributed by atoms with van der Waals surface area (Å²) in [6.07, 6.45) is 0. The van der Waals surface area contributed by atoms with Crippen LogP contribution in [0.2, 0.25) is 0 Å². The van der Waals surface area contributed by atoms with Gasteiger partial charge in [0.1, 0.15) is 0 Å². The normalized spacial score (nSPS) is 4.17. The van der Waals surface area contributed by atoms with Gasteiger partial charge in [0.2, 0.25) is 0 Å². The van der Waals surface area contributed by atoms with E-state index in [4.69, 9.17) is 9.90 Å². The van der Waals surface area contributed by atoms with Crippen LogP contribution in [0.5, 0.6) is 0 Å². The van der Waals surface area contributed by atoms with Gasteiger partial charge in [0, 0.05) is 5.97 Å². The summed E-state index contributed by atoms with van der Waals surface area (Å²) in [5.74, 6) is -1.08. The van der Waals surface area contributed by atoms with Crippen LogP contribution in [0.3, 0.4) is 0 Å². The van der Waals surface area contributed by atoms with Gasteiger partial charge >= 0.3 is 70.2 Å². The molecule has 0 amide bonds. The summed E-state index contributed by atoms with van der Waals surface area (Å²) in [6, 6.07) is 0. The second-order valence-corrected chi connectivity index (χ2v) is 0.492. The number of hydrogen-bond donors (Lipinski definition) is 0. The molecule has 0 bridgehead atoms. The zero-order valence-electron chi connectivity index (χ0n) is 5.32. The van der Waals surface area contributed by atoms with Crippen LogP contribution in [0.15, 0.2) is 0 Å². The van der Waals surface area contributed by atoms with E-state index in [-0.39, 0.29) is 71.7 Å². The molecule has 0 aliphatic heterocycles. The van der Waals surface area contributed by atoms with E-state index in [0.717, 1.165) is 6.92 Å². The maximum absolute atomic E-state index is 8.89. The molecule has 0 saturated carbocycles. The first-order valence-corrected chi connectivity index (χ1v) is 0.908. The summed E-state index contributed by atoms with van der Waals surface area (Å²) in [6.45, 7) is 0.972. The Balaban J connectivity index is -0.0000000150. The van der Waals surface area contributed by atoms with E-state index in [2.05, 4.69) is 0 Å². The predicted octanol–water partition coefficient (Wildman–Crippen LogP) is -7.12. The first-order chi connectivity index (χ1) is 1.73.